The van der Waals surface area contributed by atoms with Gasteiger partial charge < -0.3 is 24.1 Å². The quantitative estimate of drug-likeness (QED) is 0.310. The smallest absolute Gasteiger partial charge is 0.348 e. The molecule has 0 bridgehead atoms. The lowest BCUT2D eigenvalue weighted by Gasteiger charge is -2.07. The van der Waals surface area contributed by atoms with Gasteiger partial charge in [-0.1, -0.05) is 17.4 Å². The van der Waals surface area contributed by atoms with Crippen molar-refractivity contribution < 1.29 is 33.4 Å². The van der Waals surface area contributed by atoms with Gasteiger partial charge in [-0.2, -0.15) is 4.99 Å². The molecule has 0 aliphatic heterocycles. The minimum absolute atomic E-state index is 0.00670. The van der Waals surface area contributed by atoms with Gasteiger partial charge >= 0.3 is 11.9 Å². The van der Waals surface area contributed by atoms with Crippen LogP contribution in [0.5, 0.6) is 0 Å². The van der Waals surface area contributed by atoms with Crippen LogP contribution in [0, 0.1) is 13.8 Å². The van der Waals surface area contributed by atoms with Crippen molar-refractivity contribution >= 4 is 73.4 Å². The van der Waals surface area contributed by atoms with E-state index >= 15 is 0 Å². The van der Waals surface area contributed by atoms with Crippen LogP contribution in [0.2, 0.25) is 0 Å². The van der Waals surface area contributed by atoms with Crippen molar-refractivity contribution in [1.82, 2.24) is 4.57 Å². The molecule has 0 radical (unpaired) electrons. The van der Waals surface area contributed by atoms with Gasteiger partial charge in [-0.15, -0.1) is 23.1 Å². The summed E-state index contributed by atoms with van der Waals surface area (Å²) in [5.41, 5.74) is 2.60. The molecule has 13 heteroatoms. The summed E-state index contributed by atoms with van der Waals surface area (Å²) < 4.78 is 18.4. The number of ether oxygens (including phenoxy) is 3. The maximum absolute atomic E-state index is 12.7. The second-order valence-corrected chi connectivity index (χ2v) is 11.3. The number of hydrogen-bond donors (Lipinski definition) is 1. The molecule has 0 unspecified atom stereocenters. The van der Waals surface area contributed by atoms with Crippen molar-refractivity contribution in [3.05, 3.63) is 44.6 Å². The first kappa shape index (κ1) is 30.5. The number of hydrogen-bond acceptors (Lipinski definition) is 10. The molecule has 10 nitrogen and oxygen atoms in total. The Hall–Kier alpha value is -3.00. The topological polar surface area (TPSA) is 125 Å². The Morgan fingerprint density at radius 2 is 1.74 bits per heavy atom. The second-order valence-electron chi connectivity index (χ2n) is 8.25. The zero-order chi connectivity index (χ0) is 28.5. The molecule has 3 rings (SSSR count). The van der Waals surface area contributed by atoms with Crippen LogP contribution >= 0.6 is 34.4 Å². The van der Waals surface area contributed by atoms with E-state index in [0.29, 0.717) is 23.5 Å². The van der Waals surface area contributed by atoms with Crippen molar-refractivity contribution in [2.45, 2.75) is 34.2 Å². The van der Waals surface area contributed by atoms with Gasteiger partial charge in [0.15, 0.2) is 4.80 Å². The van der Waals surface area contributed by atoms with Crippen molar-refractivity contribution in [1.29, 1.82) is 0 Å². The van der Waals surface area contributed by atoms with Crippen LogP contribution in [-0.2, 0) is 30.3 Å². The first-order valence-corrected chi connectivity index (χ1v) is 15.0. The van der Waals surface area contributed by atoms with Crippen LogP contribution < -0.4 is 10.1 Å². The first-order valence-electron chi connectivity index (χ1n) is 12.2. The number of aryl methyl sites for hydroxylation is 1. The second kappa shape index (κ2) is 14.4. The Balaban J connectivity index is 1.70. The number of aromatic nitrogens is 1. The fourth-order valence-electron chi connectivity index (χ4n) is 3.64. The molecule has 3 aromatic rings. The van der Waals surface area contributed by atoms with E-state index in [-0.39, 0.29) is 46.1 Å². The average molecular weight is 594 g/mol. The summed E-state index contributed by atoms with van der Waals surface area (Å²) in [4.78, 5) is 55.2. The summed E-state index contributed by atoms with van der Waals surface area (Å²) in [6.45, 7) is 8.31. The molecule has 1 aromatic carbocycles. The van der Waals surface area contributed by atoms with Gasteiger partial charge in [0, 0.05) is 13.7 Å². The number of thiazole rings is 1. The van der Waals surface area contributed by atoms with Gasteiger partial charge in [0.1, 0.15) is 9.88 Å². The number of esters is 2. The monoisotopic (exact) mass is 593 g/mol. The summed E-state index contributed by atoms with van der Waals surface area (Å²) >= 11 is 3.49. The Labute approximate surface area is 238 Å². The van der Waals surface area contributed by atoms with E-state index in [0.717, 1.165) is 38.9 Å². The Kier molecular flexibility index (Phi) is 11.3. The fourth-order valence-corrected chi connectivity index (χ4v) is 6.51. The molecule has 1 N–H and O–H groups in total. The lowest BCUT2D eigenvalue weighted by Crippen LogP contribution is -2.20. The minimum atomic E-state index is -0.640. The van der Waals surface area contributed by atoms with Gasteiger partial charge in [0.2, 0.25) is 5.91 Å². The lowest BCUT2D eigenvalue weighted by molar-refractivity contribution is -0.115. The summed E-state index contributed by atoms with van der Waals surface area (Å²) in [5, 5.41) is 2.88. The van der Waals surface area contributed by atoms with Crippen LogP contribution in [-0.4, -0.2) is 66.8 Å². The Morgan fingerprint density at radius 1 is 1.03 bits per heavy atom. The van der Waals surface area contributed by atoms with Crippen molar-refractivity contribution in [3.63, 3.8) is 0 Å². The predicted octanol–water partition coefficient (Wildman–Crippen LogP) is 4.18. The number of benzene rings is 1. The molecule has 0 aliphatic carbocycles. The number of rotatable bonds is 12. The van der Waals surface area contributed by atoms with Crippen LogP contribution in [0.4, 0.5) is 5.00 Å². The van der Waals surface area contributed by atoms with E-state index in [2.05, 4.69) is 16.4 Å². The Bertz CT molecular complexity index is 1440. The number of anilines is 1. The summed E-state index contributed by atoms with van der Waals surface area (Å²) in [6.07, 6.45) is 0. The molecular formula is C26H31N3O7S3. The van der Waals surface area contributed by atoms with Crippen molar-refractivity contribution in [2.24, 2.45) is 4.99 Å². The number of nitrogens with one attached hydrogen (secondary N) is 1. The Morgan fingerprint density at radius 3 is 2.44 bits per heavy atom. The molecule has 0 saturated carbocycles. The molecule has 39 heavy (non-hydrogen) atoms. The number of amides is 2. The number of methoxy groups -OCH3 is 1. The predicted molar refractivity (Wildman–Crippen MR) is 154 cm³/mol. The number of carbonyl (C=O) groups excluding carboxylic acids is 4. The van der Waals surface area contributed by atoms with Crippen molar-refractivity contribution in [2.75, 3.05) is 43.8 Å². The minimum Gasteiger partial charge on any atom is -0.462 e. The third-order valence-corrected chi connectivity index (χ3v) is 8.52. The molecule has 210 valence electrons. The number of fused-ring (bicyclic) bond motifs is 1. The maximum Gasteiger partial charge on any atom is 0.348 e. The molecule has 2 heterocycles. The molecule has 0 aliphatic rings. The van der Waals surface area contributed by atoms with Gasteiger partial charge in [-0.3, -0.25) is 9.59 Å². The van der Waals surface area contributed by atoms with Gasteiger partial charge in [-0.25, -0.2) is 9.59 Å². The molecule has 0 atom stereocenters. The molecular weight excluding hydrogens is 563 g/mol. The number of carbonyl (C=O) groups is 4. The fraction of sp³-hybridized carbons (Fsp3) is 0.423. The van der Waals surface area contributed by atoms with E-state index in [4.69, 9.17) is 14.2 Å². The summed E-state index contributed by atoms with van der Waals surface area (Å²) in [5.74, 6) is -2.07. The highest BCUT2D eigenvalue weighted by atomic mass is 32.2. The standard InChI is InChI=1S/C26H31N3O7S3/c1-6-35-24(32)21-16(4)22(25(33)36-7-2)39-23(21)27-19(30)13-37-14-20(31)28-26-29(10-11-34-5)17-9-8-15(3)12-18(17)38-26/h8-9,12H,6-7,10-11,13-14H2,1-5H3,(H,27,30). The SMILES string of the molecule is CCOC(=O)c1sc(NC(=O)CSCC(=O)N=c2sc3cc(C)ccc3n2CCOC)c(C(=O)OCC)c1C. The number of thioether (sulfide) groups is 1. The first-order chi connectivity index (χ1) is 18.7. The third kappa shape index (κ3) is 7.78. The van der Waals surface area contributed by atoms with Gasteiger partial charge in [0.05, 0.1) is 47.1 Å². The molecule has 0 saturated heterocycles. The van der Waals surface area contributed by atoms with E-state index in [1.807, 2.05) is 23.6 Å². The largest absolute Gasteiger partial charge is 0.462 e. The van der Waals surface area contributed by atoms with Crippen LogP contribution in [0.1, 0.15) is 45.0 Å². The highest BCUT2D eigenvalue weighted by Gasteiger charge is 2.27. The molecule has 2 aromatic heterocycles. The van der Waals surface area contributed by atoms with Gasteiger partial charge in [0.25, 0.3) is 5.91 Å². The third-order valence-electron chi connectivity index (χ3n) is 5.38. The number of thiophene rings is 1. The van der Waals surface area contributed by atoms with Crippen LogP contribution in [0.15, 0.2) is 23.2 Å². The normalized spacial score (nSPS) is 11.6. The average Bonchev–Trinajstić information content (AvgIpc) is 3.38. The highest BCUT2D eigenvalue weighted by molar-refractivity contribution is 8.00. The van der Waals surface area contributed by atoms with Crippen LogP contribution in [0.3, 0.4) is 0 Å². The van der Waals surface area contributed by atoms with E-state index < -0.39 is 17.8 Å². The molecule has 0 fully saturated rings. The summed E-state index contributed by atoms with van der Waals surface area (Å²) in [6, 6.07) is 6.07. The van der Waals surface area contributed by atoms with E-state index in [9.17, 15) is 19.2 Å². The van der Waals surface area contributed by atoms with Gasteiger partial charge in [-0.05, 0) is 51.0 Å². The highest BCUT2D eigenvalue weighted by Crippen LogP contribution is 2.34. The molecule has 2 amide bonds. The maximum atomic E-state index is 12.7. The zero-order valence-corrected chi connectivity index (χ0v) is 24.9. The van der Waals surface area contributed by atoms with Crippen LogP contribution in [0.25, 0.3) is 10.2 Å². The van der Waals surface area contributed by atoms with Crippen molar-refractivity contribution in [3.8, 4) is 0 Å². The van der Waals surface area contributed by atoms with E-state index in [1.54, 1.807) is 27.9 Å². The summed E-state index contributed by atoms with van der Waals surface area (Å²) in [7, 11) is 1.62. The number of nitrogens with zero attached hydrogens (tertiary/aromatic N) is 2. The zero-order valence-electron chi connectivity index (χ0n) is 22.5. The van der Waals surface area contributed by atoms with E-state index in [1.165, 1.54) is 11.3 Å². The molecule has 0 spiro atoms. The lowest BCUT2D eigenvalue weighted by atomic mass is 10.1.